The number of phenolic OH excluding ortho intramolecular Hbond substituents is 1. The summed E-state index contributed by atoms with van der Waals surface area (Å²) in [5.41, 5.74) is 3.43. The summed E-state index contributed by atoms with van der Waals surface area (Å²) >= 11 is 0. The molecule has 2 aromatic heterocycles. The van der Waals surface area contributed by atoms with E-state index in [0.29, 0.717) is 39.8 Å². The van der Waals surface area contributed by atoms with Crippen LogP contribution in [0.1, 0.15) is 29.2 Å². The molecule has 0 spiro atoms. The molecule has 4 rings (SSSR count). The molecule has 0 aliphatic heterocycles. The summed E-state index contributed by atoms with van der Waals surface area (Å²) < 4.78 is 11.1. The van der Waals surface area contributed by atoms with Crippen LogP contribution in [0, 0.1) is 13.8 Å². The van der Waals surface area contributed by atoms with Crippen LogP contribution in [0.15, 0.2) is 45.7 Å². The van der Waals surface area contributed by atoms with E-state index in [1.165, 1.54) is 12.1 Å². The SMILES string of the molecule is CCc1c(C)c2ccc(OCC(=O)N[C@@H](Cc3c[nH]c4ccc(O)cc34)C(=O)O)c(C)c2oc1=O. The van der Waals surface area contributed by atoms with E-state index >= 15 is 0 Å². The second-order valence-corrected chi connectivity index (χ2v) is 8.41. The van der Waals surface area contributed by atoms with Gasteiger partial charge in [0.1, 0.15) is 23.1 Å². The van der Waals surface area contributed by atoms with Crippen LogP contribution in [0.5, 0.6) is 11.5 Å². The number of aromatic amines is 1. The first-order valence-electron chi connectivity index (χ1n) is 11.2. The number of aliphatic carboxylic acids is 1. The number of aryl methyl sites for hydroxylation is 2. The molecular formula is C26H26N2O7. The second-order valence-electron chi connectivity index (χ2n) is 8.41. The Labute approximate surface area is 200 Å². The van der Waals surface area contributed by atoms with Gasteiger partial charge in [0.25, 0.3) is 5.91 Å². The fourth-order valence-corrected chi connectivity index (χ4v) is 4.27. The minimum atomic E-state index is -1.20. The number of nitrogens with one attached hydrogen (secondary N) is 2. The molecule has 0 unspecified atom stereocenters. The molecule has 35 heavy (non-hydrogen) atoms. The van der Waals surface area contributed by atoms with E-state index in [1.54, 1.807) is 31.3 Å². The zero-order valence-electron chi connectivity index (χ0n) is 19.6. The number of carboxylic acid groups (broad SMARTS) is 1. The Morgan fingerprint density at radius 3 is 2.63 bits per heavy atom. The number of hydrogen-bond donors (Lipinski definition) is 4. The summed E-state index contributed by atoms with van der Waals surface area (Å²) in [6.07, 6.45) is 2.23. The Balaban J connectivity index is 1.48. The van der Waals surface area contributed by atoms with E-state index in [4.69, 9.17) is 9.15 Å². The monoisotopic (exact) mass is 478 g/mol. The number of carbonyl (C=O) groups is 2. The number of carbonyl (C=O) groups excluding carboxylic acids is 1. The Morgan fingerprint density at radius 1 is 1.14 bits per heavy atom. The molecule has 0 saturated heterocycles. The van der Waals surface area contributed by atoms with Crippen LogP contribution in [-0.4, -0.2) is 39.7 Å². The molecular weight excluding hydrogens is 452 g/mol. The van der Waals surface area contributed by atoms with Gasteiger partial charge >= 0.3 is 11.6 Å². The largest absolute Gasteiger partial charge is 0.508 e. The van der Waals surface area contributed by atoms with Crippen molar-refractivity contribution in [3.8, 4) is 11.5 Å². The molecule has 0 bridgehead atoms. The van der Waals surface area contributed by atoms with E-state index in [9.17, 15) is 24.6 Å². The van der Waals surface area contributed by atoms with E-state index in [1.807, 2.05) is 13.8 Å². The van der Waals surface area contributed by atoms with E-state index < -0.39 is 30.2 Å². The maximum Gasteiger partial charge on any atom is 0.339 e. The van der Waals surface area contributed by atoms with E-state index in [-0.39, 0.29) is 12.2 Å². The Bertz CT molecular complexity index is 1500. The summed E-state index contributed by atoms with van der Waals surface area (Å²) in [6, 6.07) is 7.04. The van der Waals surface area contributed by atoms with Crippen molar-refractivity contribution in [1.82, 2.24) is 10.3 Å². The van der Waals surface area contributed by atoms with Gasteiger partial charge in [-0.05, 0) is 61.7 Å². The van der Waals surface area contributed by atoms with Crippen LogP contribution in [0.3, 0.4) is 0 Å². The van der Waals surface area contributed by atoms with Crippen LogP contribution < -0.4 is 15.7 Å². The number of aromatic nitrogens is 1. The minimum absolute atomic E-state index is 0.0176. The zero-order chi connectivity index (χ0) is 25.3. The van der Waals surface area contributed by atoms with Gasteiger partial charge in [0.05, 0.1) is 0 Å². The highest BCUT2D eigenvalue weighted by atomic mass is 16.5. The number of fused-ring (bicyclic) bond motifs is 2. The average Bonchev–Trinajstić information content (AvgIpc) is 3.20. The number of aromatic hydroxyl groups is 1. The third-order valence-corrected chi connectivity index (χ3v) is 6.17. The molecule has 9 heteroatoms. The van der Waals surface area contributed by atoms with Crippen LogP contribution in [0.4, 0.5) is 0 Å². The van der Waals surface area contributed by atoms with Gasteiger partial charge in [-0.3, -0.25) is 4.79 Å². The molecule has 2 aromatic carbocycles. The predicted molar refractivity (Wildman–Crippen MR) is 130 cm³/mol. The fraction of sp³-hybridized carbons (Fsp3) is 0.269. The van der Waals surface area contributed by atoms with Gasteiger partial charge in [-0.1, -0.05) is 6.92 Å². The van der Waals surface area contributed by atoms with Gasteiger partial charge < -0.3 is 29.7 Å². The van der Waals surface area contributed by atoms with Gasteiger partial charge in [-0.15, -0.1) is 0 Å². The van der Waals surface area contributed by atoms with Crippen LogP contribution in [0.25, 0.3) is 21.9 Å². The van der Waals surface area contributed by atoms with Crippen molar-refractivity contribution in [3.05, 3.63) is 69.2 Å². The fourth-order valence-electron chi connectivity index (χ4n) is 4.27. The van der Waals surface area contributed by atoms with Crippen LogP contribution in [-0.2, 0) is 22.4 Å². The van der Waals surface area contributed by atoms with Crippen LogP contribution in [0.2, 0.25) is 0 Å². The molecule has 0 fully saturated rings. The molecule has 4 N–H and O–H groups in total. The molecule has 0 aliphatic rings. The van der Waals surface area contributed by atoms with Gasteiger partial charge in [0.2, 0.25) is 0 Å². The zero-order valence-corrected chi connectivity index (χ0v) is 19.6. The molecule has 0 saturated carbocycles. The summed E-state index contributed by atoms with van der Waals surface area (Å²) in [7, 11) is 0. The number of hydrogen-bond acceptors (Lipinski definition) is 6. The maximum absolute atomic E-state index is 12.5. The Kier molecular flexibility index (Phi) is 6.50. The number of amides is 1. The lowest BCUT2D eigenvalue weighted by Gasteiger charge is -2.16. The molecule has 1 amide bonds. The highest BCUT2D eigenvalue weighted by Crippen LogP contribution is 2.29. The number of benzene rings is 2. The standard InChI is InChI=1S/C26H26N2O7/c1-4-17-13(2)18-6-8-22(14(3)24(18)35-26(17)33)34-12-23(30)28-21(25(31)32)9-15-11-27-20-7-5-16(29)10-19(15)20/h5-8,10-11,21,27,29H,4,9,12H2,1-3H3,(H,28,30)(H,31,32)/t21-/m0/s1. The van der Waals surface area contributed by atoms with Crippen molar-refractivity contribution in [3.63, 3.8) is 0 Å². The average molecular weight is 479 g/mol. The lowest BCUT2D eigenvalue weighted by atomic mass is 10.0. The number of phenols is 1. The van der Waals surface area contributed by atoms with E-state index in [0.717, 1.165) is 16.5 Å². The first-order chi connectivity index (χ1) is 16.7. The van der Waals surface area contributed by atoms with Crippen molar-refractivity contribution in [2.45, 2.75) is 39.7 Å². The summed E-state index contributed by atoms with van der Waals surface area (Å²) in [6.45, 7) is 5.07. The second kappa shape index (κ2) is 9.54. The quantitative estimate of drug-likeness (QED) is 0.285. The smallest absolute Gasteiger partial charge is 0.339 e. The van der Waals surface area contributed by atoms with Crippen molar-refractivity contribution in [2.75, 3.05) is 6.61 Å². The molecule has 0 aliphatic carbocycles. The summed E-state index contributed by atoms with van der Waals surface area (Å²) in [5.74, 6) is -1.39. The van der Waals surface area contributed by atoms with Crippen molar-refractivity contribution in [2.24, 2.45) is 0 Å². The highest BCUT2D eigenvalue weighted by molar-refractivity contribution is 5.88. The third kappa shape index (κ3) is 4.70. The molecule has 182 valence electrons. The number of ether oxygens (including phenoxy) is 1. The Hall–Kier alpha value is -4.27. The van der Waals surface area contributed by atoms with Crippen molar-refractivity contribution < 1.29 is 29.0 Å². The normalized spacial score (nSPS) is 12.1. The van der Waals surface area contributed by atoms with E-state index in [2.05, 4.69) is 10.3 Å². The van der Waals surface area contributed by atoms with Gasteiger partial charge in [0, 0.05) is 40.0 Å². The minimum Gasteiger partial charge on any atom is -0.508 e. The summed E-state index contributed by atoms with van der Waals surface area (Å²) in [5, 5.41) is 23.3. The van der Waals surface area contributed by atoms with Gasteiger partial charge in [-0.2, -0.15) is 0 Å². The third-order valence-electron chi connectivity index (χ3n) is 6.17. The van der Waals surface area contributed by atoms with Crippen LogP contribution >= 0.6 is 0 Å². The van der Waals surface area contributed by atoms with Gasteiger partial charge in [0.15, 0.2) is 6.61 Å². The molecule has 1 atom stereocenters. The van der Waals surface area contributed by atoms with Gasteiger partial charge in [-0.25, -0.2) is 9.59 Å². The predicted octanol–water partition coefficient (Wildman–Crippen LogP) is 3.35. The first kappa shape index (κ1) is 23.9. The topological polar surface area (TPSA) is 142 Å². The Morgan fingerprint density at radius 2 is 1.91 bits per heavy atom. The maximum atomic E-state index is 12.5. The van der Waals surface area contributed by atoms with Crippen molar-refractivity contribution in [1.29, 1.82) is 0 Å². The highest BCUT2D eigenvalue weighted by Gasteiger charge is 2.23. The lowest BCUT2D eigenvalue weighted by molar-refractivity contribution is -0.142. The van der Waals surface area contributed by atoms with Crippen molar-refractivity contribution >= 4 is 33.7 Å². The first-order valence-corrected chi connectivity index (χ1v) is 11.2. The number of H-pyrrole nitrogens is 1. The number of carboxylic acids is 1. The molecule has 0 radical (unpaired) electrons. The lowest BCUT2D eigenvalue weighted by Crippen LogP contribution is -2.44. The summed E-state index contributed by atoms with van der Waals surface area (Å²) in [4.78, 5) is 39.6. The molecule has 2 heterocycles. The molecule has 4 aromatic rings. The number of rotatable bonds is 8. The molecule has 9 nitrogen and oxygen atoms in total.